The number of piperidine rings is 1. The van der Waals surface area contributed by atoms with Gasteiger partial charge in [-0.1, -0.05) is 37.6 Å². The number of nitrogens with one attached hydrogen (secondary N) is 1. The van der Waals surface area contributed by atoms with Crippen LogP contribution in [0.5, 0.6) is 0 Å². The van der Waals surface area contributed by atoms with Crippen molar-refractivity contribution in [2.45, 2.75) is 64.5 Å². The average molecular weight is 425 g/mol. The molecule has 2 aromatic rings. The first kappa shape index (κ1) is 22.5. The number of nitrogens with zero attached hydrogens (tertiary/aromatic N) is 3. The van der Waals surface area contributed by atoms with Gasteiger partial charge in [0.05, 0.1) is 6.61 Å². The molecule has 1 unspecified atom stereocenters. The zero-order valence-electron chi connectivity index (χ0n) is 19.5. The highest BCUT2D eigenvalue weighted by molar-refractivity contribution is 5.33. The number of aromatic nitrogens is 2. The average Bonchev–Trinajstić information content (AvgIpc) is 3.43. The summed E-state index contributed by atoms with van der Waals surface area (Å²) in [5, 5.41) is 0. The molecule has 5 heteroatoms. The highest BCUT2D eigenvalue weighted by atomic mass is 16.5. The van der Waals surface area contributed by atoms with Crippen LogP contribution in [0.25, 0.3) is 0 Å². The second-order valence-corrected chi connectivity index (χ2v) is 9.52. The highest BCUT2D eigenvalue weighted by Gasteiger charge is 2.31. The van der Waals surface area contributed by atoms with Crippen LogP contribution >= 0.6 is 0 Å². The standard InChI is InChI=1S/C26H40N4O/c1-3-4-11-26-27-17-24(28-26)20-29(13-14-31-2)18-21-8-7-12-30(19-21)25-15-22-9-5-6-10-23(22)16-25/h5-6,9-10,17,21,25H,3-4,7-8,11-16,18-20H2,1-2H3,(H,27,28). The van der Waals surface area contributed by atoms with Gasteiger partial charge in [0.1, 0.15) is 5.82 Å². The predicted molar refractivity (Wildman–Crippen MR) is 126 cm³/mol. The Labute approximate surface area is 188 Å². The Hall–Kier alpha value is -1.69. The monoisotopic (exact) mass is 424 g/mol. The number of aromatic amines is 1. The van der Waals surface area contributed by atoms with Crippen LogP contribution in [0.15, 0.2) is 30.5 Å². The number of rotatable bonds is 11. The van der Waals surface area contributed by atoms with Crippen molar-refractivity contribution in [3.63, 3.8) is 0 Å². The molecular formula is C26H40N4O. The summed E-state index contributed by atoms with van der Waals surface area (Å²) in [6.07, 6.45) is 10.6. The Morgan fingerprint density at radius 1 is 1.23 bits per heavy atom. The first-order chi connectivity index (χ1) is 15.2. The maximum absolute atomic E-state index is 5.42. The molecule has 170 valence electrons. The molecule has 0 spiro atoms. The molecular weight excluding hydrogens is 384 g/mol. The van der Waals surface area contributed by atoms with E-state index in [2.05, 4.69) is 51.0 Å². The lowest BCUT2D eigenvalue weighted by molar-refractivity contribution is 0.0839. The second-order valence-electron chi connectivity index (χ2n) is 9.52. The van der Waals surface area contributed by atoms with Crippen LogP contribution < -0.4 is 0 Å². The molecule has 31 heavy (non-hydrogen) atoms. The smallest absolute Gasteiger partial charge is 0.106 e. The van der Waals surface area contributed by atoms with Gasteiger partial charge >= 0.3 is 0 Å². The van der Waals surface area contributed by atoms with Crippen LogP contribution in [-0.2, 0) is 30.5 Å². The lowest BCUT2D eigenvalue weighted by Gasteiger charge is -2.38. The molecule has 1 saturated heterocycles. The van der Waals surface area contributed by atoms with Gasteiger partial charge in [0.2, 0.25) is 0 Å². The summed E-state index contributed by atoms with van der Waals surface area (Å²) in [7, 11) is 1.80. The third-order valence-electron chi connectivity index (χ3n) is 7.07. The number of unbranched alkanes of at least 4 members (excludes halogenated alkanes) is 1. The van der Waals surface area contributed by atoms with Crippen LogP contribution in [0, 0.1) is 5.92 Å². The molecule has 0 amide bonds. The van der Waals surface area contributed by atoms with Crippen molar-refractivity contribution in [3.8, 4) is 0 Å². The van der Waals surface area contributed by atoms with Gasteiger partial charge in [-0.25, -0.2) is 4.98 Å². The number of ether oxygens (including phenoxy) is 1. The summed E-state index contributed by atoms with van der Waals surface area (Å²) in [5.74, 6) is 1.87. The first-order valence-electron chi connectivity index (χ1n) is 12.3. The fourth-order valence-electron chi connectivity index (χ4n) is 5.39. The van der Waals surface area contributed by atoms with Gasteiger partial charge in [-0.15, -0.1) is 0 Å². The summed E-state index contributed by atoms with van der Waals surface area (Å²) < 4.78 is 5.42. The normalized spacial score (nSPS) is 19.9. The molecule has 4 rings (SSSR count). The lowest BCUT2D eigenvalue weighted by atomic mass is 9.95. The summed E-state index contributed by atoms with van der Waals surface area (Å²) in [6, 6.07) is 9.72. The Bertz CT molecular complexity index is 779. The van der Waals surface area contributed by atoms with Gasteiger partial charge in [-0.2, -0.15) is 0 Å². The van der Waals surface area contributed by atoms with Crippen molar-refractivity contribution in [1.82, 2.24) is 19.8 Å². The summed E-state index contributed by atoms with van der Waals surface area (Å²) in [4.78, 5) is 13.5. The summed E-state index contributed by atoms with van der Waals surface area (Å²) >= 11 is 0. The van der Waals surface area contributed by atoms with Crippen molar-refractivity contribution in [2.24, 2.45) is 5.92 Å². The van der Waals surface area contributed by atoms with E-state index < -0.39 is 0 Å². The maximum Gasteiger partial charge on any atom is 0.106 e. The molecule has 1 fully saturated rings. The Balaban J connectivity index is 1.32. The minimum Gasteiger partial charge on any atom is -0.383 e. The van der Waals surface area contributed by atoms with Crippen molar-refractivity contribution >= 4 is 0 Å². The Morgan fingerprint density at radius 2 is 2.03 bits per heavy atom. The molecule has 1 aliphatic heterocycles. The van der Waals surface area contributed by atoms with E-state index in [4.69, 9.17) is 4.74 Å². The van der Waals surface area contributed by atoms with Crippen LogP contribution in [0.4, 0.5) is 0 Å². The van der Waals surface area contributed by atoms with Crippen LogP contribution in [0.1, 0.15) is 55.3 Å². The topological polar surface area (TPSA) is 44.4 Å². The van der Waals surface area contributed by atoms with Gasteiger partial charge in [0.15, 0.2) is 0 Å². The second kappa shape index (κ2) is 11.3. The summed E-state index contributed by atoms with van der Waals surface area (Å²) in [5.41, 5.74) is 4.37. The van der Waals surface area contributed by atoms with E-state index in [1.54, 1.807) is 18.2 Å². The lowest BCUT2D eigenvalue weighted by Crippen LogP contribution is -2.46. The zero-order valence-corrected chi connectivity index (χ0v) is 19.5. The zero-order chi connectivity index (χ0) is 21.5. The van der Waals surface area contributed by atoms with Gasteiger partial charge < -0.3 is 9.72 Å². The molecule has 1 aromatic carbocycles. The molecule has 1 aliphatic carbocycles. The summed E-state index contributed by atoms with van der Waals surface area (Å²) in [6.45, 7) is 8.56. The maximum atomic E-state index is 5.42. The molecule has 1 atom stereocenters. The quantitative estimate of drug-likeness (QED) is 0.590. The number of H-pyrrole nitrogens is 1. The molecule has 0 bridgehead atoms. The Morgan fingerprint density at radius 3 is 2.77 bits per heavy atom. The van der Waals surface area contributed by atoms with Crippen LogP contribution in [0.3, 0.4) is 0 Å². The SMILES string of the molecule is CCCCc1ncc(CN(CCOC)CC2CCCN(C3Cc4ccccc4C3)C2)[nH]1. The number of likely N-dealkylation sites (tertiary alicyclic amines) is 1. The van der Waals surface area contributed by atoms with E-state index in [-0.39, 0.29) is 0 Å². The van der Waals surface area contributed by atoms with Crippen LogP contribution in [-0.4, -0.2) is 65.7 Å². The molecule has 0 radical (unpaired) electrons. The number of aryl methyl sites for hydroxylation is 1. The minimum atomic E-state index is 0.696. The number of hydrogen-bond donors (Lipinski definition) is 1. The van der Waals surface area contributed by atoms with E-state index in [1.165, 1.54) is 57.3 Å². The highest BCUT2D eigenvalue weighted by Crippen LogP contribution is 2.29. The van der Waals surface area contributed by atoms with E-state index in [0.717, 1.165) is 44.4 Å². The van der Waals surface area contributed by atoms with Crippen molar-refractivity contribution < 1.29 is 4.74 Å². The third kappa shape index (κ3) is 6.18. The molecule has 2 heterocycles. The fraction of sp³-hybridized carbons (Fsp3) is 0.654. The number of hydrogen-bond acceptors (Lipinski definition) is 4. The van der Waals surface area contributed by atoms with Gasteiger partial charge in [0.25, 0.3) is 0 Å². The van der Waals surface area contributed by atoms with Crippen molar-refractivity contribution in [3.05, 3.63) is 53.1 Å². The fourth-order valence-corrected chi connectivity index (χ4v) is 5.39. The minimum absolute atomic E-state index is 0.696. The predicted octanol–water partition coefficient (Wildman–Crippen LogP) is 4.08. The van der Waals surface area contributed by atoms with E-state index >= 15 is 0 Å². The van der Waals surface area contributed by atoms with Gasteiger partial charge in [-0.05, 0) is 55.7 Å². The van der Waals surface area contributed by atoms with Crippen LogP contribution in [0.2, 0.25) is 0 Å². The Kier molecular flexibility index (Phi) is 8.17. The number of fused-ring (bicyclic) bond motifs is 1. The molecule has 2 aliphatic rings. The van der Waals surface area contributed by atoms with E-state index in [9.17, 15) is 0 Å². The first-order valence-corrected chi connectivity index (χ1v) is 12.3. The molecule has 0 saturated carbocycles. The molecule has 1 aromatic heterocycles. The van der Waals surface area contributed by atoms with E-state index in [0.29, 0.717) is 6.04 Å². The molecule has 1 N–H and O–H groups in total. The molecule has 5 nitrogen and oxygen atoms in total. The van der Waals surface area contributed by atoms with Crippen molar-refractivity contribution in [2.75, 3.05) is 39.9 Å². The van der Waals surface area contributed by atoms with Crippen molar-refractivity contribution in [1.29, 1.82) is 0 Å². The van der Waals surface area contributed by atoms with Gasteiger partial charge in [-0.3, -0.25) is 9.80 Å². The van der Waals surface area contributed by atoms with E-state index in [1.807, 2.05) is 6.20 Å². The van der Waals surface area contributed by atoms with Gasteiger partial charge in [0, 0.05) is 57.6 Å². The number of benzene rings is 1. The number of methoxy groups -OCH3 is 1. The number of imidazole rings is 1. The third-order valence-corrected chi connectivity index (χ3v) is 7.07. The largest absolute Gasteiger partial charge is 0.383 e.